The molecule has 8 heteroatoms. The molecule has 0 aliphatic carbocycles. The van der Waals surface area contributed by atoms with Gasteiger partial charge in [-0.3, -0.25) is 19.8 Å². The van der Waals surface area contributed by atoms with Crippen molar-refractivity contribution in [1.29, 1.82) is 0 Å². The highest BCUT2D eigenvalue weighted by Crippen LogP contribution is 2.36. The number of non-ortho nitro benzene ring substituents is 1. The molecule has 0 spiro atoms. The number of nitro benzene ring substituents is 1. The topological polar surface area (TPSA) is 68.4 Å². The van der Waals surface area contributed by atoms with Crippen molar-refractivity contribution in [2.45, 2.75) is 13.8 Å². The molecule has 3 aromatic rings. The third kappa shape index (κ3) is 3.55. The predicted octanol–water partition coefficient (Wildman–Crippen LogP) is 5.41. The number of hydrogen-bond donors (Lipinski definition) is 0. The Labute approximate surface area is 183 Å². The Morgan fingerprint density at radius 1 is 1.03 bits per heavy atom. The quantitative estimate of drug-likeness (QED) is 0.237. The summed E-state index contributed by atoms with van der Waals surface area (Å²) >= 11 is 6.71. The van der Waals surface area contributed by atoms with Crippen LogP contribution in [0.3, 0.4) is 0 Å². The maximum atomic E-state index is 13.0. The normalized spacial score (nSPS) is 15.3. The first-order valence-corrected chi connectivity index (χ1v) is 10.4. The van der Waals surface area contributed by atoms with Crippen molar-refractivity contribution in [3.05, 3.63) is 92.6 Å². The van der Waals surface area contributed by atoms with Crippen molar-refractivity contribution in [2.24, 2.45) is 0 Å². The standard InChI is InChI=1S/C22H17N3O3S2/c1-14-12-16(15(2)23(14)18-8-10-19(11-9-18)25(27)28)13-20-21(26)24(22(29)30-20)17-6-4-3-5-7-17/h3-13H,1-2H3/b20-13-. The van der Waals surface area contributed by atoms with Crippen LogP contribution in [0.25, 0.3) is 11.8 Å². The Hall–Kier alpha value is -3.23. The molecule has 1 amide bonds. The van der Waals surface area contributed by atoms with Gasteiger partial charge in [-0.15, -0.1) is 0 Å². The highest BCUT2D eigenvalue weighted by molar-refractivity contribution is 8.27. The third-order valence-corrected chi connectivity index (χ3v) is 6.19. The summed E-state index contributed by atoms with van der Waals surface area (Å²) in [4.78, 5) is 25.6. The average molecular weight is 436 g/mol. The average Bonchev–Trinajstić information content (AvgIpc) is 3.17. The van der Waals surface area contributed by atoms with Crippen LogP contribution in [-0.2, 0) is 4.79 Å². The molecule has 0 bridgehead atoms. The maximum absolute atomic E-state index is 13.0. The van der Waals surface area contributed by atoms with E-state index in [1.165, 1.54) is 23.9 Å². The largest absolute Gasteiger partial charge is 0.318 e. The number of carbonyl (C=O) groups excluding carboxylic acids is 1. The zero-order valence-electron chi connectivity index (χ0n) is 16.2. The van der Waals surface area contributed by atoms with Gasteiger partial charge in [-0.25, -0.2) is 0 Å². The Balaban J connectivity index is 1.68. The van der Waals surface area contributed by atoms with Crippen LogP contribution in [0.15, 0.2) is 65.6 Å². The Kier molecular flexibility index (Phi) is 5.27. The molecule has 2 heterocycles. The number of thioether (sulfide) groups is 1. The second kappa shape index (κ2) is 7.89. The molecule has 0 radical (unpaired) electrons. The first-order valence-electron chi connectivity index (χ1n) is 9.13. The fourth-order valence-corrected chi connectivity index (χ4v) is 4.75. The minimum Gasteiger partial charge on any atom is -0.318 e. The van der Waals surface area contributed by atoms with Gasteiger partial charge in [0, 0.05) is 29.2 Å². The lowest BCUT2D eigenvalue weighted by Crippen LogP contribution is -2.27. The highest BCUT2D eigenvalue weighted by Gasteiger charge is 2.33. The van der Waals surface area contributed by atoms with Gasteiger partial charge in [0.2, 0.25) is 0 Å². The van der Waals surface area contributed by atoms with Crippen molar-refractivity contribution in [3.8, 4) is 5.69 Å². The van der Waals surface area contributed by atoms with E-state index in [2.05, 4.69) is 0 Å². The summed E-state index contributed by atoms with van der Waals surface area (Å²) in [6.07, 6.45) is 1.85. The molecular weight excluding hydrogens is 418 g/mol. The smallest absolute Gasteiger partial charge is 0.270 e. The molecule has 1 aromatic heterocycles. The molecule has 0 saturated carbocycles. The van der Waals surface area contributed by atoms with E-state index in [0.29, 0.717) is 9.23 Å². The van der Waals surface area contributed by atoms with Gasteiger partial charge in [0.05, 0.1) is 15.5 Å². The van der Waals surface area contributed by atoms with E-state index in [1.54, 1.807) is 17.0 Å². The summed E-state index contributed by atoms with van der Waals surface area (Å²) in [5.74, 6) is -0.142. The lowest BCUT2D eigenvalue weighted by atomic mass is 10.2. The number of rotatable bonds is 4. The molecule has 0 unspecified atom stereocenters. The fraction of sp³-hybridized carbons (Fsp3) is 0.0909. The van der Waals surface area contributed by atoms with Crippen LogP contribution in [0.1, 0.15) is 17.0 Å². The molecule has 1 aliphatic rings. The number of amides is 1. The van der Waals surface area contributed by atoms with Crippen molar-refractivity contribution in [3.63, 3.8) is 0 Å². The van der Waals surface area contributed by atoms with E-state index in [1.807, 2.05) is 60.9 Å². The van der Waals surface area contributed by atoms with Crippen LogP contribution in [0.2, 0.25) is 0 Å². The molecule has 6 nitrogen and oxygen atoms in total. The van der Waals surface area contributed by atoms with Gasteiger partial charge < -0.3 is 4.57 Å². The number of aryl methyl sites for hydroxylation is 1. The number of anilines is 1. The summed E-state index contributed by atoms with van der Waals surface area (Å²) in [5.41, 5.74) is 4.43. The molecule has 0 atom stereocenters. The summed E-state index contributed by atoms with van der Waals surface area (Å²) in [5, 5.41) is 10.9. The molecule has 1 aliphatic heterocycles. The molecule has 4 rings (SSSR count). The van der Waals surface area contributed by atoms with Gasteiger partial charge in [0.25, 0.3) is 11.6 Å². The number of carbonyl (C=O) groups is 1. The molecule has 30 heavy (non-hydrogen) atoms. The Morgan fingerprint density at radius 3 is 2.33 bits per heavy atom. The van der Waals surface area contributed by atoms with Crippen molar-refractivity contribution in [2.75, 3.05) is 4.90 Å². The minimum atomic E-state index is -0.417. The van der Waals surface area contributed by atoms with Crippen LogP contribution < -0.4 is 4.90 Å². The number of nitrogens with zero attached hydrogens (tertiary/aromatic N) is 3. The number of thiocarbonyl (C=S) groups is 1. The van der Waals surface area contributed by atoms with Crippen molar-refractivity contribution >= 4 is 51.7 Å². The third-order valence-electron chi connectivity index (χ3n) is 4.88. The second-order valence-corrected chi connectivity index (χ2v) is 8.46. The van der Waals surface area contributed by atoms with Crippen molar-refractivity contribution in [1.82, 2.24) is 4.57 Å². The fourth-order valence-electron chi connectivity index (χ4n) is 3.46. The Bertz CT molecular complexity index is 1200. The van der Waals surface area contributed by atoms with E-state index in [-0.39, 0.29) is 11.6 Å². The first kappa shape index (κ1) is 20.1. The molecule has 150 valence electrons. The minimum absolute atomic E-state index is 0.0472. The second-order valence-electron chi connectivity index (χ2n) is 6.79. The van der Waals surface area contributed by atoms with Gasteiger partial charge in [-0.05, 0) is 55.8 Å². The van der Waals surface area contributed by atoms with Gasteiger partial charge >= 0.3 is 0 Å². The molecular formula is C22H17N3O3S2. The summed E-state index contributed by atoms with van der Waals surface area (Å²) in [6.45, 7) is 3.92. The molecule has 1 fully saturated rings. The summed E-state index contributed by atoms with van der Waals surface area (Å²) < 4.78 is 2.51. The van der Waals surface area contributed by atoms with Gasteiger partial charge in [0.15, 0.2) is 4.32 Å². The van der Waals surface area contributed by atoms with Crippen LogP contribution >= 0.6 is 24.0 Å². The lowest BCUT2D eigenvalue weighted by molar-refractivity contribution is -0.384. The SMILES string of the molecule is Cc1cc(/C=C2\SC(=S)N(c3ccccc3)C2=O)c(C)n1-c1ccc([N+](=O)[O-])cc1. The monoisotopic (exact) mass is 435 g/mol. The van der Waals surface area contributed by atoms with Crippen LogP contribution in [-0.4, -0.2) is 19.7 Å². The van der Waals surface area contributed by atoms with Crippen molar-refractivity contribution < 1.29 is 9.72 Å². The van der Waals surface area contributed by atoms with E-state index in [4.69, 9.17) is 12.2 Å². The van der Waals surface area contributed by atoms with Crippen LogP contribution in [0, 0.1) is 24.0 Å². The molecule has 2 aromatic carbocycles. The van der Waals surface area contributed by atoms with Crippen LogP contribution in [0.4, 0.5) is 11.4 Å². The van der Waals surface area contributed by atoms with Gasteiger partial charge in [-0.2, -0.15) is 0 Å². The van der Waals surface area contributed by atoms with Crippen LogP contribution in [0.5, 0.6) is 0 Å². The zero-order chi connectivity index (χ0) is 21.4. The number of benzene rings is 2. The predicted molar refractivity (Wildman–Crippen MR) is 124 cm³/mol. The zero-order valence-corrected chi connectivity index (χ0v) is 17.9. The molecule has 0 N–H and O–H groups in total. The Morgan fingerprint density at radius 2 is 1.70 bits per heavy atom. The number of hydrogen-bond acceptors (Lipinski definition) is 5. The van der Waals surface area contributed by atoms with E-state index < -0.39 is 4.92 Å². The highest BCUT2D eigenvalue weighted by atomic mass is 32.2. The number of aromatic nitrogens is 1. The van der Waals surface area contributed by atoms with E-state index in [9.17, 15) is 14.9 Å². The molecule has 1 saturated heterocycles. The first-order chi connectivity index (χ1) is 14.4. The van der Waals surface area contributed by atoms with Gasteiger partial charge in [-0.1, -0.05) is 42.2 Å². The number of para-hydroxylation sites is 1. The number of nitro groups is 1. The van der Waals surface area contributed by atoms with E-state index >= 15 is 0 Å². The summed E-state index contributed by atoms with van der Waals surface area (Å²) in [7, 11) is 0. The van der Waals surface area contributed by atoms with Gasteiger partial charge in [0.1, 0.15) is 0 Å². The summed E-state index contributed by atoms with van der Waals surface area (Å²) in [6, 6.07) is 17.7. The van der Waals surface area contributed by atoms with E-state index in [0.717, 1.165) is 28.3 Å². The maximum Gasteiger partial charge on any atom is 0.270 e. The lowest BCUT2D eigenvalue weighted by Gasteiger charge is -2.13.